The van der Waals surface area contributed by atoms with Crippen molar-refractivity contribution in [3.05, 3.63) is 59.7 Å². The van der Waals surface area contributed by atoms with Crippen molar-refractivity contribution in [1.29, 1.82) is 0 Å². The summed E-state index contributed by atoms with van der Waals surface area (Å²) >= 11 is 5.23. The molecule has 5 heteroatoms. The Balaban J connectivity index is 1.91. The molecule has 0 bridgehead atoms. The Kier molecular flexibility index (Phi) is 7.16. The predicted octanol–water partition coefficient (Wildman–Crippen LogP) is 5.11. The number of carbonyl (C=O) groups is 1. The van der Waals surface area contributed by atoms with E-state index in [4.69, 9.17) is 17.0 Å². The number of benzene rings is 2. The first-order valence-electron chi connectivity index (χ1n) is 8.88. The zero-order chi connectivity index (χ0) is 19.1. The van der Waals surface area contributed by atoms with Gasteiger partial charge in [0.1, 0.15) is 5.75 Å². The molecule has 0 saturated carbocycles. The second kappa shape index (κ2) is 9.34. The lowest BCUT2D eigenvalue weighted by Crippen LogP contribution is -2.34. The van der Waals surface area contributed by atoms with Crippen LogP contribution in [0.4, 0.5) is 5.69 Å². The largest absolute Gasteiger partial charge is 0.491 e. The monoisotopic (exact) mass is 370 g/mol. The standard InChI is InChI=1S/C21H26N2O2S/c1-5-15(4)16-6-10-18(11-7-16)22-21(26)23-20(24)17-8-12-19(13-9-17)25-14(2)3/h6-15H,5H2,1-4H3,(H2,22,23,24,26)/t15-/m1/s1. The van der Waals surface area contributed by atoms with Crippen LogP contribution in [0.1, 0.15) is 56.0 Å². The molecule has 2 aromatic rings. The van der Waals surface area contributed by atoms with Crippen LogP contribution in [-0.2, 0) is 0 Å². The second-order valence-electron chi connectivity index (χ2n) is 6.53. The summed E-state index contributed by atoms with van der Waals surface area (Å²) < 4.78 is 5.57. The summed E-state index contributed by atoms with van der Waals surface area (Å²) in [5.41, 5.74) is 2.66. The molecule has 0 unspecified atom stereocenters. The first-order chi connectivity index (χ1) is 12.4. The fourth-order valence-electron chi connectivity index (χ4n) is 2.43. The summed E-state index contributed by atoms with van der Waals surface area (Å²) in [4.78, 5) is 12.3. The van der Waals surface area contributed by atoms with Gasteiger partial charge in [-0.3, -0.25) is 10.1 Å². The summed E-state index contributed by atoms with van der Waals surface area (Å²) in [6.45, 7) is 8.29. The van der Waals surface area contributed by atoms with Gasteiger partial charge in [0.15, 0.2) is 5.11 Å². The summed E-state index contributed by atoms with van der Waals surface area (Å²) in [6, 6.07) is 15.1. The zero-order valence-corrected chi connectivity index (χ0v) is 16.5. The Bertz CT molecular complexity index is 740. The van der Waals surface area contributed by atoms with E-state index < -0.39 is 0 Å². The summed E-state index contributed by atoms with van der Waals surface area (Å²) in [5, 5.41) is 6.01. The number of rotatable bonds is 6. The first-order valence-corrected chi connectivity index (χ1v) is 9.29. The van der Waals surface area contributed by atoms with Gasteiger partial charge in [0.05, 0.1) is 6.10 Å². The Morgan fingerprint density at radius 3 is 2.19 bits per heavy atom. The third-order valence-electron chi connectivity index (χ3n) is 4.07. The molecule has 2 rings (SSSR count). The molecule has 1 amide bonds. The van der Waals surface area contributed by atoms with Gasteiger partial charge < -0.3 is 10.1 Å². The molecule has 2 aromatic carbocycles. The Labute approximate surface area is 161 Å². The van der Waals surface area contributed by atoms with Crippen LogP contribution in [0.3, 0.4) is 0 Å². The molecule has 0 saturated heterocycles. The van der Waals surface area contributed by atoms with E-state index in [-0.39, 0.29) is 17.1 Å². The second-order valence-corrected chi connectivity index (χ2v) is 6.94. The van der Waals surface area contributed by atoms with Crippen molar-refractivity contribution in [2.24, 2.45) is 0 Å². The molecule has 0 aromatic heterocycles. The normalized spacial score (nSPS) is 11.7. The Morgan fingerprint density at radius 2 is 1.65 bits per heavy atom. The van der Waals surface area contributed by atoms with Crippen LogP contribution in [-0.4, -0.2) is 17.1 Å². The SMILES string of the molecule is CC[C@@H](C)c1ccc(NC(=S)NC(=O)c2ccc(OC(C)C)cc2)cc1. The highest BCUT2D eigenvalue weighted by Crippen LogP contribution is 2.20. The minimum Gasteiger partial charge on any atom is -0.491 e. The van der Waals surface area contributed by atoms with Crippen LogP contribution < -0.4 is 15.4 Å². The van der Waals surface area contributed by atoms with Gasteiger partial charge in [-0.25, -0.2) is 0 Å². The van der Waals surface area contributed by atoms with Crippen LogP contribution in [0.15, 0.2) is 48.5 Å². The van der Waals surface area contributed by atoms with Crippen molar-refractivity contribution in [2.45, 2.75) is 46.1 Å². The third kappa shape index (κ3) is 5.85. The molecule has 4 nitrogen and oxygen atoms in total. The molecular weight excluding hydrogens is 344 g/mol. The average Bonchev–Trinajstić information content (AvgIpc) is 2.61. The Morgan fingerprint density at radius 1 is 1.04 bits per heavy atom. The van der Waals surface area contributed by atoms with Gasteiger partial charge in [-0.1, -0.05) is 26.0 Å². The van der Waals surface area contributed by atoms with Gasteiger partial charge in [-0.2, -0.15) is 0 Å². The number of hydrogen-bond acceptors (Lipinski definition) is 3. The van der Waals surface area contributed by atoms with E-state index in [1.807, 2.05) is 26.0 Å². The van der Waals surface area contributed by atoms with Crippen molar-refractivity contribution >= 4 is 28.9 Å². The fourth-order valence-corrected chi connectivity index (χ4v) is 2.64. The van der Waals surface area contributed by atoms with E-state index in [0.29, 0.717) is 11.5 Å². The topological polar surface area (TPSA) is 50.4 Å². The highest BCUT2D eigenvalue weighted by atomic mass is 32.1. The maximum atomic E-state index is 12.3. The van der Waals surface area contributed by atoms with Crippen molar-refractivity contribution < 1.29 is 9.53 Å². The van der Waals surface area contributed by atoms with Crippen molar-refractivity contribution in [2.75, 3.05) is 5.32 Å². The highest BCUT2D eigenvalue weighted by molar-refractivity contribution is 7.80. The van der Waals surface area contributed by atoms with Crippen LogP contribution in [0.5, 0.6) is 5.75 Å². The molecule has 0 aliphatic heterocycles. The number of carbonyl (C=O) groups excluding carboxylic acids is 1. The average molecular weight is 371 g/mol. The molecule has 2 N–H and O–H groups in total. The van der Waals surface area contributed by atoms with Crippen molar-refractivity contribution in [3.8, 4) is 5.75 Å². The van der Waals surface area contributed by atoms with Crippen LogP contribution in [0.25, 0.3) is 0 Å². The number of thiocarbonyl (C=S) groups is 1. The molecule has 0 aliphatic rings. The predicted molar refractivity (Wildman–Crippen MR) is 111 cm³/mol. The van der Waals surface area contributed by atoms with E-state index in [1.54, 1.807) is 24.3 Å². The maximum Gasteiger partial charge on any atom is 0.257 e. The van der Waals surface area contributed by atoms with Crippen molar-refractivity contribution in [3.63, 3.8) is 0 Å². The van der Waals surface area contributed by atoms with Gasteiger partial charge in [-0.15, -0.1) is 0 Å². The number of anilines is 1. The van der Waals surface area contributed by atoms with Crippen LogP contribution in [0, 0.1) is 0 Å². The molecule has 138 valence electrons. The van der Waals surface area contributed by atoms with Crippen LogP contribution >= 0.6 is 12.2 Å². The lowest BCUT2D eigenvalue weighted by atomic mass is 9.99. The van der Waals surface area contributed by atoms with Gasteiger partial charge in [-0.05, 0) is 80.4 Å². The highest BCUT2D eigenvalue weighted by Gasteiger charge is 2.09. The third-order valence-corrected chi connectivity index (χ3v) is 4.27. The van der Waals surface area contributed by atoms with Crippen molar-refractivity contribution in [1.82, 2.24) is 5.32 Å². The van der Waals surface area contributed by atoms with Gasteiger partial charge in [0, 0.05) is 11.3 Å². The molecule has 1 atom stereocenters. The molecule has 0 radical (unpaired) electrons. The Hall–Kier alpha value is -2.40. The molecule has 26 heavy (non-hydrogen) atoms. The summed E-state index contributed by atoms with van der Waals surface area (Å²) in [5.74, 6) is 1.01. The first kappa shape index (κ1) is 19.9. The molecule has 0 heterocycles. The zero-order valence-electron chi connectivity index (χ0n) is 15.7. The number of hydrogen-bond donors (Lipinski definition) is 2. The van der Waals surface area contributed by atoms with E-state index in [0.717, 1.165) is 17.9 Å². The summed E-state index contributed by atoms with van der Waals surface area (Å²) in [6.07, 6.45) is 1.19. The minimum absolute atomic E-state index is 0.0955. The number of ether oxygens (including phenoxy) is 1. The smallest absolute Gasteiger partial charge is 0.257 e. The van der Waals surface area contributed by atoms with E-state index in [1.165, 1.54) is 5.56 Å². The van der Waals surface area contributed by atoms with E-state index >= 15 is 0 Å². The van der Waals surface area contributed by atoms with E-state index in [2.05, 4.69) is 36.6 Å². The lowest BCUT2D eigenvalue weighted by molar-refractivity contribution is 0.0977. The fraction of sp³-hybridized carbons (Fsp3) is 0.333. The summed E-state index contributed by atoms with van der Waals surface area (Å²) in [7, 11) is 0. The van der Waals surface area contributed by atoms with Crippen LogP contribution in [0.2, 0.25) is 0 Å². The molecule has 0 spiro atoms. The van der Waals surface area contributed by atoms with E-state index in [9.17, 15) is 4.79 Å². The quantitative estimate of drug-likeness (QED) is 0.694. The molecular formula is C21H26N2O2S. The number of nitrogens with one attached hydrogen (secondary N) is 2. The minimum atomic E-state index is -0.255. The van der Waals surface area contributed by atoms with Gasteiger partial charge in [0.2, 0.25) is 0 Å². The maximum absolute atomic E-state index is 12.3. The van der Waals surface area contributed by atoms with Gasteiger partial charge in [0.25, 0.3) is 5.91 Å². The number of amides is 1. The van der Waals surface area contributed by atoms with Gasteiger partial charge >= 0.3 is 0 Å². The molecule has 0 fully saturated rings. The lowest BCUT2D eigenvalue weighted by Gasteiger charge is -2.13. The molecule has 0 aliphatic carbocycles.